The normalized spacial score (nSPS) is 20.4. The van der Waals surface area contributed by atoms with Crippen LogP contribution < -0.4 is 0 Å². The number of piperidine rings is 1. The summed E-state index contributed by atoms with van der Waals surface area (Å²) in [6, 6.07) is 4.20. The van der Waals surface area contributed by atoms with E-state index in [-0.39, 0.29) is 29.0 Å². The third kappa shape index (κ3) is 5.43. The van der Waals surface area contributed by atoms with Crippen molar-refractivity contribution >= 4 is 28.1 Å². The number of amides is 1. The molecule has 1 unspecified atom stereocenters. The number of hydrogen-bond donors (Lipinski definition) is 0. The van der Waals surface area contributed by atoms with Crippen molar-refractivity contribution in [1.82, 2.24) is 19.3 Å². The molecule has 0 aliphatic carbocycles. The molecule has 2 aliphatic rings. The molecule has 2 aromatic rings. The van der Waals surface area contributed by atoms with Gasteiger partial charge in [-0.3, -0.25) is 4.79 Å². The van der Waals surface area contributed by atoms with Gasteiger partial charge >= 0.3 is 0 Å². The molecule has 0 saturated carbocycles. The zero-order chi connectivity index (χ0) is 26.0. The Morgan fingerprint density at radius 3 is 2.36 bits per heavy atom. The second kappa shape index (κ2) is 10.9. The zero-order valence-electron chi connectivity index (χ0n) is 22.1. The summed E-state index contributed by atoms with van der Waals surface area (Å²) < 4.78 is 34.4. The molecule has 2 saturated heterocycles. The Balaban J connectivity index is 1.54. The highest BCUT2D eigenvalue weighted by Gasteiger charge is 2.38. The SMILES string of the molecule is CCN1CCN(C(=O)C2CCCN(S(=O)(=O)c3c(C)noc3/C=C/c3c(C)cc(C)cc3C)C2)CC1. The van der Waals surface area contributed by atoms with Gasteiger partial charge in [0.05, 0.1) is 5.92 Å². The smallest absolute Gasteiger partial charge is 0.248 e. The van der Waals surface area contributed by atoms with Gasteiger partial charge in [0.1, 0.15) is 5.69 Å². The van der Waals surface area contributed by atoms with Crippen LogP contribution in [-0.2, 0) is 14.8 Å². The number of benzene rings is 1. The number of rotatable bonds is 6. The maximum absolute atomic E-state index is 13.8. The van der Waals surface area contributed by atoms with E-state index in [2.05, 4.69) is 36.0 Å². The molecule has 0 radical (unpaired) electrons. The number of hydrogen-bond acceptors (Lipinski definition) is 6. The Hall–Kier alpha value is -2.49. The quantitative estimate of drug-likeness (QED) is 0.585. The Morgan fingerprint density at radius 2 is 1.72 bits per heavy atom. The molecular weight excluding hydrogens is 476 g/mol. The van der Waals surface area contributed by atoms with E-state index in [1.165, 1.54) is 9.87 Å². The molecule has 0 N–H and O–H groups in total. The lowest BCUT2D eigenvalue weighted by Crippen LogP contribution is -2.52. The van der Waals surface area contributed by atoms with Crippen molar-refractivity contribution < 1.29 is 17.7 Å². The summed E-state index contributed by atoms with van der Waals surface area (Å²) in [7, 11) is -3.87. The van der Waals surface area contributed by atoms with Gasteiger partial charge in [-0.1, -0.05) is 35.9 Å². The lowest BCUT2D eigenvalue weighted by molar-refractivity contribution is -0.138. The Morgan fingerprint density at radius 1 is 1.06 bits per heavy atom. The number of piperazine rings is 1. The molecule has 36 heavy (non-hydrogen) atoms. The summed E-state index contributed by atoms with van der Waals surface area (Å²) in [5.41, 5.74) is 4.77. The first-order valence-corrected chi connectivity index (χ1v) is 14.3. The number of sulfonamides is 1. The fourth-order valence-corrected chi connectivity index (χ4v) is 7.22. The van der Waals surface area contributed by atoms with E-state index in [0.29, 0.717) is 38.2 Å². The van der Waals surface area contributed by atoms with Gasteiger partial charge < -0.3 is 14.3 Å². The molecule has 8 nitrogen and oxygen atoms in total. The van der Waals surface area contributed by atoms with E-state index in [9.17, 15) is 13.2 Å². The van der Waals surface area contributed by atoms with Crippen molar-refractivity contribution in [3.05, 3.63) is 45.8 Å². The number of nitrogens with zero attached hydrogens (tertiary/aromatic N) is 4. The molecule has 0 bridgehead atoms. The second-order valence-electron chi connectivity index (χ2n) is 10.1. The summed E-state index contributed by atoms with van der Waals surface area (Å²) in [5, 5.41) is 3.98. The van der Waals surface area contributed by atoms with Crippen LogP contribution in [0.4, 0.5) is 0 Å². The predicted molar refractivity (Wildman–Crippen MR) is 141 cm³/mol. The minimum absolute atomic E-state index is 0.0677. The largest absolute Gasteiger partial charge is 0.355 e. The molecule has 1 atom stereocenters. The van der Waals surface area contributed by atoms with Gasteiger partial charge in [-0.2, -0.15) is 4.31 Å². The highest BCUT2D eigenvalue weighted by atomic mass is 32.2. The molecular formula is C27H38N4O4S. The minimum Gasteiger partial charge on any atom is -0.355 e. The molecule has 0 spiro atoms. The van der Waals surface area contributed by atoms with Gasteiger partial charge in [0.25, 0.3) is 0 Å². The minimum atomic E-state index is -3.87. The Kier molecular flexibility index (Phi) is 8.02. The van der Waals surface area contributed by atoms with Crippen LogP contribution in [0.25, 0.3) is 12.2 Å². The Labute approximate surface area is 215 Å². The van der Waals surface area contributed by atoms with Crippen LogP contribution in [0, 0.1) is 33.6 Å². The average Bonchev–Trinajstić information content (AvgIpc) is 3.24. The lowest BCUT2D eigenvalue weighted by Gasteiger charge is -2.38. The standard InChI is InChI=1S/C27H38N4O4S/c1-6-29-12-14-30(15-13-29)27(32)23-8-7-11-31(18-23)36(33,34)26-22(5)28-35-25(26)10-9-24-20(3)16-19(2)17-21(24)4/h9-10,16-17,23H,6-8,11-15,18H2,1-5H3/b10-9+. The summed E-state index contributed by atoms with van der Waals surface area (Å²) in [6.45, 7) is 14.6. The van der Waals surface area contributed by atoms with E-state index < -0.39 is 10.0 Å². The van der Waals surface area contributed by atoms with Crippen LogP contribution in [-0.4, -0.2) is 79.4 Å². The molecule has 2 aliphatic heterocycles. The van der Waals surface area contributed by atoms with Gasteiger partial charge in [0, 0.05) is 39.3 Å². The van der Waals surface area contributed by atoms with E-state index in [4.69, 9.17) is 4.52 Å². The van der Waals surface area contributed by atoms with Crippen molar-refractivity contribution in [3.63, 3.8) is 0 Å². The van der Waals surface area contributed by atoms with E-state index in [1.54, 1.807) is 13.0 Å². The topological polar surface area (TPSA) is 87.0 Å². The summed E-state index contributed by atoms with van der Waals surface area (Å²) >= 11 is 0. The van der Waals surface area contributed by atoms with Crippen molar-refractivity contribution in [3.8, 4) is 0 Å². The van der Waals surface area contributed by atoms with Gasteiger partial charge in [0.2, 0.25) is 15.9 Å². The first kappa shape index (κ1) is 26.6. The number of aromatic nitrogens is 1. The number of likely N-dealkylation sites (N-methyl/N-ethyl adjacent to an activating group) is 1. The maximum Gasteiger partial charge on any atom is 0.248 e. The summed E-state index contributed by atoms with van der Waals surface area (Å²) in [5.74, 6) is -0.0344. The van der Waals surface area contributed by atoms with Crippen LogP contribution in [0.2, 0.25) is 0 Å². The van der Waals surface area contributed by atoms with Crippen molar-refractivity contribution in [1.29, 1.82) is 0 Å². The van der Waals surface area contributed by atoms with Crippen LogP contribution in [0.5, 0.6) is 0 Å². The third-order valence-corrected chi connectivity index (χ3v) is 9.46. The van der Waals surface area contributed by atoms with Crippen molar-refractivity contribution in [2.45, 2.75) is 52.4 Å². The molecule has 196 valence electrons. The molecule has 4 rings (SSSR count). The zero-order valence-corrected chi connectivity index (χ0v) is 22.9. The molecule has 9 heteroatoms. The van der Waals surface area contributed by atoms with Gasteiger partial charge in [-0.25, -0.2) is 8.42 Å². The number of carbonyl (C=O) groups is 1. The first-order chi connectivity index (χ1) is 17.1. The number of carbonyl (C=O) groups excluding carboxylic acids is 1. The highest BCUT2D eigenvalue weighted by molar-refractivity contribution is 7.89. The van der Waals surface area contributed by atoms with Crippen molar-refractivity contribution in [2.75, 3.05) is 45.8 Å². The van der Waals surface area contributed by atoms with Crippen molar-refractivity contribution in [2.24, 2.45) is 5.92 Å². The molecule has 2 fully saturated rings. The maximum atomic E-state index is 13.8. The molecule has 1 amide bonds. The second-order valence-corrected chi connectivity index (χ2v) is 11.9. The monoisotopic (exact) mass is 514 g/mol. The van der Waals surface area contributed by atoms with Crippen LogP contribution in [0.15, 0.2) is 21.6 Å². The van der Waals surface area contributed by atoms with Gasteiger partial charge in [-0.15, -0.1) is 0 Å². The Bertz CT molecular complexity index is 1220. The van der Waals surface area contributed by atoms with Crippen LogP contribution in [0.1, 0.15) is 53.5 Å². The summed E-state index contributed by atoms with van der Waals surface area (Å²) in [6.07, 6.45) is 4.95. The van der Waals surface area contributed by atoms with Gasteiger partial charge in [0.15, 0.2) is 10.7 Å². The van der Waals surface area contributed by atoms with E-state index in [0.717, 1.165) is 36.3 Å². The van der Waals surface area contributed by atoms with E-state index in [1.807, 2.05) is 24.8 Å². The average molecular weight is 515 g/mol. The van der Waals surface area contributed by atoms with Gasteiger partial charge in [-0.05, 0) is 69.8 Å². The number of aryl methyl sites for hydroxylation is 4. The first-order valence-electron chi connectivity index (χ1n) is 12.8. The lowest BCUT2D eigenvalue weighted by atomic mass is 9.98. The van der Waals surface area contributed by atoms with E-state index >= 15 is 0 Å². The van der Waals surface area contributed by atoms with Crippen LogP contribution >= 0.6 is 0 Å². The summed E-state index contributed by atoms with van der Waals surface area (Å²) in [4.78, 5) is 17.5. The highest BCUT2D eigenvalue weighted by Crippen LogP contribution is 2.30. The fourth-order valence-electron chi connectivity index (χ4n) is 5.45. The molecule has 3 heterocycles. The molecule has 1 aromatic carbocycles. The van der Waals surface area contributed by atoms with Crippen LogP contribution in [0.3, 0.4) is 0 Å². The third-order valence-electron chi connectivity index (χ3n) is 7.44. The molecule has 1 aromatic heterocycles. The fraction of sp³-hybridized carbons (Fsp3) is 0.556. The predicted octanol–water partition coefficient (Wildman–Crippen LogP) is 3.64.